The predicted molar refractivity (Wildman–Crippen MR) is 79.5 cm³/mol. The van der Waals surface area contributed by atoms with Crippen LogP contribution in [0.1, 0.15) is 19.3 Å². The van der Waals surface area contributed by atoms with Crippen LogP contribution in [0.25, 0.3) is 0 Å². The standard InChI is InChI=1S/C15H13BrClNO2/c16-9-3-4-11(10(17)6-9)18-14(19)12-7-1-2-8(5-7)13(12)15(18)20/h3-4,6-8,12-13H,1-2,5H2. The van der Waals surface area contributed by atoms with Gasteiger partial charge in [-0.15, -0.1) is 0 Å². The van der Waals surface area contributed by atoms with Crippen molar-refractivity contribution >= 4 is 45.0 Å². The summed E-state index contributed by atoms with van der Waals surface area (Å²) in [6.45, 7) is 0. The molecule has 20 heavy (non-hydrogen) atoms. The molecule has 2 aliphatic carbocycles. The number of imide groups is 1. The van der Waals surface area contributed by atoms with E-state index in [1.807, 2.05) is 6.07 Å². The molecule has 0 N–H and O–H groups in total. The third-order valence-corrected chi connectivity index (χ3v) is 5.87. The van der Waals surface area contributed by atoms with Gasteiger partial charge in [-0.1, -0.05) is 27.5 Å². The Bertz CT molecular complexity index is 604. The molecule has 2 saturated carbocycles. The molecule has 4 atom stereocenters. The van der Waals surface area contributed by atoms with Crippen molar-refractivity contribution in [1.29, 1.82) is 0 Å². The topological polar surface area (TPSA) is 37.4 Å². The van der Waals surface area contributed by atoms with E-state index >= 15 is 0 Å². The van der Waals surface area contributed by atoms with Crippen LogP contribution in [0.2, 0.25) is 5.02 Å². The Balaban J connectivity index is 1.77. The van der Waals surface area contributed by atoms with E-state index in [2.05, 4.69) is 15.9 Å². The lowest BCUT2D eigenvalue weighted by atomic mass is 9.81. The summed E-state index contributed by atoms with van der Waals surface area (Å²) in [5.74, 6) is 0.524. The Morgan fingerprint density at radius 2 is 1.70 bits per heavy atom. The van der Waals surface area contributed by atoms with E-state index in [1.165, 1.54) is 4.90 Å². The molecule has 4 unspecified atom stereocenters. The average molecular weight is 355 g/mol. The van der Waals surface area contributed by atoms with Gasteiger partial charge in [0.25, 0.3) is 0 Å². The number of benzene rings is 1. The molecule has 1 heterocycles. The van der Waals surface area contributed by atoms with Gasteiger partial charge in [0.1, 0.15) is 0 Å². The van der Waals surface area contributed by atoms with Crippen molar-refractivity contribution in [2.75, 3.05) is 4.90 Å². The van der Waals surface area contributed by atoms with Crippen molar-refractivity contribution < 1.29 is 9.59 Å². The highest BCUT2D eigenvalue weighted by Gasteiger charge is 2.61. The second-order valence-corrected chi connectivity index (χ2v) is 7.32. The molecule has 5 heteroatoms. The zero-order valence-corrected chi connectivity index (χ0v) is 13.0. The van der Waals surface area contributed by atoms with Crippen LogP contribution in [0, 0.1) is 23.7 Å². The quantitative estimate of drug-likeness (QED) is 0.722. The van der Waals surface area contributed by atoms with Crippen LogP contribution < -0.4 is 4.90 Å². The first-order valence-corrected chi connectivity index (χ1v) is 8.08. The van der Waals surface area contributed by atoms with E-state index in [-0.39, 0.29) is 23.7 Å². The lowest BCUT2D eigenvalue weighted by Gasteiger charge is -2.19. The number of hydrogen-bond acceptors (Lipinski definition) is 2. The third kappa shape index (κ3) is 1.58. The zero-order valence-electron chi connectivity index (χ0n) is 10.7. The number of amides is 2. The first-order chi connectivity index (χ1) is 9.58. The van der Waals surface area contributed by atoms with E-state index in [0.29, 0.717) is 22.5 Å². The van der Waals surface area contributed by atoms with E-state index in [9.17, 15) is 9.59 Å². The van der Waals surface area contributed by atoms with Crippen molar-refractivity contribution in [3.8, 4) is 0 Å². The Hall–Kier alpha value is -0.870. The van der Waals surface area contributed by atoms with Gasteiger partial charge < -0.3 is 0 Å². The first-order valence-electron chi connectivity index (χ1n) is 6.91. The molecule has 2 bridgehead atoms. The van der Waals surface area contributed by atoms with Crippen LogP contribution in [0.5, 0.6) is 0 Å². The number of carbonyl (C=O) groups excluding carboxylic acids is 2. The fourth-order valence-electron chi connectivity index (χ4n) is 4.31. The summed E-state index contributed by atoms with van der Waals surface area (Å²) in [6.07, 6.45) is 3.23. The maximum Gasteiger partial charge on any atom is 0.238 e. The Morgan fingerprint density at radius 1 is 1.10 bits per heavy atom. The van der Waals surface area contributed by atoms with Crippen molar-refractivity contribution in [3.63, 3.8) is 0 Å². The molecule has 3 aliphatic rings. The maximum atomic E-state index is 12.7. The molecule has 1 aromatic carbocycles. The minimum Gasteiger partial charge on any atom is -0.274 e. The fraction of sp³-hybridized carbons (Fsp3) is 0.467. The van der Waals surface area contributed by atoms with Crippen molar-refractivity contribution in [2.24, 2.45) is 23.7 Å². The molecular weight excluding hydrogens is 342 g/mol. The van der Waals surface area contributed by atoms with E-state index in [4.69, 9.17) is 11.6 Å². The molecule has 0 radical (unpaired) electrons. The number of halogens is 2. The van der Waals surface area contributed by atoms with Gasteiger partial charge in [0.05, 0.1) is 22.5 Å². The molecule has 0 spiro atoms. The summed E-state index contributed by atoms with van der Waals surface area (Å²) in [6, 6.07) is 5.27. The molecule has 3 fully saturated rings. The summed E-state index contributed by atoms with van der Waals surface area (Å²) >= 11 is 9.55. The second-order valence-electron chi connectivity index (χ2n) is 5.99. The average Bonchev–Trinajstić information content (AvgIpc) is 3.06. The molecule has 1 aromatic rings. The van der Waals surface area contributed by atoms with Gasteiger partial charge in [0.15, 0.2) is 0 Å². The van der Waals surface area contributed by atoms with Crippen molar-refractivity contribution in [1.82, 2.24) is 0 Å². The number of carbonyl (C=O) groups is 2. The summed E-state index contributed by atoms with van der Waals surface area (Å²) in [5.41, 5.74) is 0.527. The summed E-state index contributed by atoms with van der Waals surface area (Å²) < 4.78 is 0.839. The number of hydrogen-bond donors (Lipinski definition) is 0. The minimum atomic E-state index is -0.0963. The summed E-state index contributed by atoms with van der Waals surface area (Å²) in [7, 11) is 0. The van der Waals surface area contributed by atoms with Crippen LogP contribution in [-0.4, -0.2) is 11.8 Å². The number of nitrogens with zero attached hydrogens (tertiary/aromatic N) is 1. The number of rotatable bonds is 1. The van der Waals surface area contributed by atoms with Crippen LogP contribution >= 0.6 is 27.5 Å². The monoisotopic (exact) mass is 353 g/mol. The largest absolute Gasteiger partial charge is 0.274 e. The van der Waals surface area contributed by atoms with Gasteiger partial charge >= 0.3 is 0 Å². The fourth-order valence-corrected chi connectivity index (χ4v) is 5.07. The van der Waals surface area contributed by atoms with Crippen LogP contribution in [-0.2, 0) is 9.59 Å². The molecule has 4 rings (SSSR count). The van der Waals surface area contributed by atoms with Gasteiger partial charge in [-0.3, -0.25) is 9.59 Å². The maximum absolute atomic E-state index is 12.7. The predicted octanol–water partition coefficient (Wildman–Crippen LogP) is 3.64. The Kier molecular flexibility index (Phi) is 2.77. The zero-order chi connectivity index (χ0) is 14.0. The number of fused-ring (bicyclic) bond motifs is 5. The third-order valence-electron chi connectivity index (χ3n) is 5.08. The van der Waals surface area contributed by atoms with Crippen LogP contribution in [0.15, 0.2) is 22.7 Å². The molecule has 3 nitrogen and oxygen atoms in total. The van der Waals surface area contributed by atoms with E-state index < -0.39 is 0 Å². The molecule has 1 saturated heterocycles. The Labute approximate surface area is 130 Å². The minimum absolute atomic E-state index is 0.0450. The lowest BCUT2D eigenvalue weighted by molar-refractivity contribution is -0.123. The highest BCUT2D eigenvalue weighted by molar-refractivity contribution is 9.10. The number of anilines is 1. The molecule has 0 aromatic heterocycles. The van der Waals surface area contributed by atoms with Crippen LogP contribution in [0.3, 0.4) is 0 Å². The smallest absolute Gasteiger partial charge is 0.238 e. The normalized spacial score (nSPS) is 35.0. The van der Waals surface area contributed by atoms with Crippen molar-refractivity contribution in [2.45, 2.75) is 19.3 Å². The van der Waals surface area contributed by atoms with Gasteiger partial charge in [-0.05, 0) is 49.3 Å². The highest BCUT2D eigenvalue weighted by Crippen LogP contribution is 2.57. The SMILES string of the molecule is O=C1C2C3CCC(C3)C2C(=O)N1c1ccc(Br)cc1Cl. The van der Waals surface area contributed by atoms with Crippen LogP contribution in [0.4, 0.5) is 5.69 Å². The Morgan fingerprint density at radius 3 is 2.25 bits per heavy atom. The van der Waals surface area contributed by atoms with Gasteiger partial charge in [-0.25, -0.2) is 4.90 Å². The highest BCUT2D eigenvalue weighted by atomic mass is 79.9. The first kappa shape index (κ1) is 12.8. The molecular formula is C15H13BrClNO2. The van der Waals surface area contributed by atoms with E-state index in [0.717, 1.165) is 23.7 Å². The second kappa shape index (κ2) is 4.31. The van der Waals surface area contributed by atoms with Crippen molar-refractivity contribution in [3.05, 3.63) is 27.7 Å². The summed E-state index contributed by atoms with van der Waals surface area (Å²) in [5, 5.41) is 0.438. The summed E-state index contributed by atoms with van der Waals surface area (Å²) in [4.78, 5) is 26.6. The molecule has 1 aliphatic heterocycles. The van der Waals surface area contributed by atoms with Gasteiger partial charge in [0, 0.05) is 4.47 Å². The molecule has 2 amide bonds. The van der Waals surface area contributed by atoms with Gasteiger partial charge in [-0.2, -0.15) is 0 Å². The van der Waals surface area contributed by atoms with E-state index in [1.54, 1.807) is 12.1 Å². The molecule has 104 valence electrons. The lowest BCUT2D eigenvalue weighted by Crippen LogP contribution is -2.32. The van der Waals surface area contributed by atoms with Gasteiger partial charge in [0.2, 0.25) is 11.8 Å².